The van der Waals surface area contributed by atoms with Gasteiger partial charge in [0.15, 0.2) is 0 Å². The predicted octanol–water partition coefficient (Wildman–Crippen LogP) is 3.41. The molecule has 3 aromatic rings. The number of nitrogens with one attached hydrogen (secondary N) is 1. The highest BCUT2D eigenvalue weighted by molar-refractivity contribution is 7.89. The van der Waals surface area contributed by atoms with Crippen molar-refractivity contribution in [3.63, 3.8) is 0 Å². The van der Waals surface area contributed by atoms with Crippen LogP contribution in [0, 0.1) is 5.82 Å². The zero-order chi connectivity index (χ0) is 17.7. The summed E-state index contributed by atoms with van der Waals surface area (Å²) < 4.78 is 40.7. The Bertz CT molecular complexity index is 943. The first-order valence-electron chi connectivity index (χ1n) is 7.80. The highest BCUT2D eigenvalue weighted by Crippen LogP contribution is 2.20. The molecule has 0 fully saturated rings. The van der Waals surface area contributed by atoms with Crippen molar-refractivity contribution >= 4 is 10.0 Å². The van der Waals surface area contributed by atoms with Crippen LogP contribution in [0.2, 0.25) is 0 Å². The molecule has 0 saturated heterocycles. The number of benzene rings is 2. The molecule has 1 N–H and O–H groups in total. The van der Waals surface area contributed by atoms with Gasteiger partial charge >= 0.3 is 0 Å². The fraction of sp³-hybridized carbons (Fsp3) is 0.105. The molecule has 0 aliphatic heterocycles. The van der Waals surface area contributed by atoms with Crippen molar-refractivity contribution in [1.29, 1.82) is 0 Å². The number of aromatic nitrogens is 1. The molecule has 0 atom stereocenters. The van der Waals surface area contributed by atoms with Crippen molar-refractivity contribution in [3.05, 3.63) is 84.4 Å². The molecule has 1 heterocycles. The topological polar surface area (TPSA) is 59.1 Å². The van der Waals surface area contributed by atoms with Crippen LogP contribution in [-0.2, 0) is 16.4 Å². The van der Waals surface area contributed by atoms with Crippen LogP contribution in [0.1, 0.15) is 5.56 Å². The lowest BCUT2D eigenvalue weighted by molar-refractivity contribution is 0.577. The van der Waals surface area contributed by atoms with Crippen molar-refractivity contribution in [2.45, 2.75) is 11.3 Å². The average Bonchev–Trinajstić information content (AvgIpc) is 2.64. The highest BCUT2D eigenvalue weighted by Gasteiger charge is 2.14. The normalized spacial score (nSPS) is 11.4. The Morgan fingerprint density at radius 1 is 0.920 bits per heavy atom. The van der Waals surface area contributed by atoms with Crippen LogP contribution < -0.4 is 4.72 Å². The maximum absolute atomic E-state index is 13.6. The Balaban J connectivity index is 1.67. The van der Waals surface area contributed by atoms with E-state index in [2.05, 4.69) is 9.71 Å². The molecule has 0 radical (unpaired) electrons. The maximum Gasteiger partial charge on any atom is 0.240 e. The van der Waals surface area contributed by atoms with Crippen LogP contribution in [-0.4, -0.2) is 19.9 Å². The lowest BCUT2D eigenvalue weighted by Gasteiger charge is -2.08. The van der Waals surface area contributed by atoms with Gasteiger partial charge in [0.25, 0.3) is 0 Å². The fourth-order valence-corrected chi connectivity index (χ4v) is 3.50. The lowest BCUT2D eigenvalue weighted by Crippen LogP contribution is -2.26. The van der Waals surface area contributed by atoms with Crippen LogP contribution in [0.25, 0.3) is 11.1 Å². The summed E-state index contributed by atoms with van der Waals surface area (Å²) in [4.78, 5) is 4.22. The number of halogens is 1. The van der Waals surface area contributed by atoms with E-state index in [-0.39, 0.29) is 17.3 Å². The Morgan fingerprint density at radius 3 is 2.36 bits per heavy atom. The van der Waals surface area contributed by atoms with Gasteiger partial charge < -0.3 is 0 Å². The third kappa shape index (κ3) is 4.29. The molecule has 0 spiro atoms. The van der Waals surface area contributed by atoms with E-state index in [1.807, 2.05) is 12.1 Å². The smallest absolute Gasteiger partial charge is 0.240 e. The molecule has 0 unspecified atom stereocenters. The van der Waals surface area contributed by atoms with Crippen LogP contribution in [0.3, 0.4) is 0 Å². The zero-order valence-corrected chi connectivity index (χ0v) is 14.2. The summed E-state index contributed by atoms with van der Waals surface area (Å²) in [7, 11) is -3.63. The van der Waals surface area contributed by atoms with Crippen LogP contribution in [0.4, 0.5) is 4.39 Å². The summed E-state index contributed by atoms with van der Waals surface area (Å²) in [6.07, 6.45) is 3.69. The zero-order valence-electron chi connectivity index (χ0n) is 13.4. The summed E-state index contributed by atoms with van der Waals surface area (Å²) >= 11 is 0. The second-order valence-electron chi connectivity index (χ2n) is 5.51. The first kappa shape index (κ1) is 17.3. The molecule has 3 rings (SSSR count). The van der Waals surface area contributed by atoms with Gasteiger partial charge in [-0.15, -0.1) is 0 Å². The van der Waals surface area contributed by atoms with Gasteiger partial charge in [-0.05, 0) is 47.4 Å². The minimum absolute atomic E-state index is 0.133. The van der Waals surface area contributed by atoms with E-state index in [1.165, 1.54) is 6.07 Å². The van der Waals surface area contributed by atoms with E-state index < -0.39 is 10.0 Å². The minimum Gasteiger partial charge on any atom is -0.264 e. The summed E-state index contributed by atoms with van der Waals surface area (Å²) in [5, 5.41) is 0. The first-order chi connectivity index (χ1) is 12.1. The largest absolute Gasteiger partial charge is 0.264 e. The predicted molar refractivity (Wildman–Crippen MR) is 95.0 cm³/mol. The molecule has 0 aliphatic rings. The lowest BCUT2D eigenvalue weighted by atomic mass is 10.1. The van der Waals surface area contributed by atoms with Crippen molar-refractivity contribution in [2.75, 3.05) is 6.54 Å². The monoisotopic (exact) mass is 356 g/mol. The molecule has 0 amide bonds. The third-order valence-electron chi connectivity index (χ3n) is 3.80. The van der Waals surface area contributed by atoms with E-state index in [1.54, 1.807) is 54.9 Å². The molecule has 2 aromatic carbocycles. The summed E-state index contributed by atoms with van der Waals surface area (Å²) in [6.45, 7) is 0.133. The highest BCUT2D eigenvalue weighted by atomic mass is 32.2. The Kier molecular flexibility index (Phi) is 5.21. The van der Waals surface area contributed by atoms with Crippen molar-refractivity contribution in [3.8, 4) is 11.1 Å². The number of hydrogen-bond donors (Lipinski definition) is 1. The number of rotatable bonds is 6. The molecule has 128 valence electrons. The molecular formula is C19H17FN2O2S. The first-order valence-corrected chi connectivity index (χ1v) is 9.28. The molecule has 4 nitrogen and oxygen atoms in total. The van der Waals surface area contributed by atoms with Crippen LogP contribution >= 0.6 is 0 Å². The molecule has 0 aliphatic carbocycles. The Morgan fingerprint density at radius 2 is 1.68 bits per heavy atom. The van der Waals surface area contributed by atoms with E-state index in [0.717, 1.165) is 11.1 Å². The van der Waals surface area contributed by atoms with Gasteiger partial charge in [-0.25, -0.2) is 17.5 Å². The van der Waals surface area contributed by atoms with Crippen LogP contribution in [0.15, 0.2) is 78.0 Å². The molecule has 0 saturated carbocycles. The summed E-state index contributed by atoms with van der Waals surface area (Å²) in [5.41, 5.74) is 2.29. The third-order valence-corrected chi connectivity index (χ3v) is 5.28. The Hall–Kier alpha value is -2.57. The van der Waals surface area contributed by atoms with E-state index in [9.17, 15) is 12.8 Å². The standard InChI is InChI=1S/C19H17FN2O2S/c20-19-6-2-1-4-16(19)11-13-22-25(23,24)18-9-7-15(8-10-18)17-5-3-12-21-14-17/h1-10,12,14,22H,11,13H2. The molecule has 25 heavy (non-hydrogen) atoms. The number of nitrogens with zero attached hydrogens (tertiary/aromatic N) is 1. The number of pyridine rings is 1. The average molecular weight is 356 g/mol. The number of sulfonamides is 1. The summed E-state index contributed by atoms with van der Waals surface area (Å²) in [6, 6.07) is 16.6. The second-order valence-corrected chi connectivity index (χ2v) is 7.27. The van der Waals surface area contributed by atoms with Gasteiger partial charge in [0.1, 0.15) is 5.82 Å². The molecule has 0 bridgehead atoms. The molecular weight excluding hydrogens is 339 g/mol. The minimum atomic E-state index is -3.63. The summed E-state index contributed by atoms with van der Waals surface area (Å²) in [5.74, 6) is -0.331. The van der Waals surface area contributed by atoms with Crippen molar-refractivity contribution in [2.24, 2.45) is 0 Å². The van der Waals surface area contributed by atoms with Gasteiger partial charge in [0, 0.05) is 18.9 Å². The maximum atomic E-state index is 13.6. The van der Waals surface area contributed by atoms with Gasteiger partial charge in [0.2, 0.25) is 10.0 Å². The van der Waals surface area contributed by atoms with Crippen molar-refractivity contribution in [1.82, 2.24) is 9.71 Å². The molecule has 6 heteroatoms. The SMILES string of the molecule is O=S(=O)(NCCc1ccccc1F)c1ccc(-c2cccnc2)cc1. The number of hydrogen-bond acceptors (Lipinski definition) is 3. The van der Waals surface area contributed by atoms with E-state index >= 15 is 0 Å². The van der Waals surface area contributed by atoms with Gasteiger partial charge in [-0.1, -0.05) is 36.4 Å². The van der Waals surface area contributed by atoms with E-state index in [0.29, 0.717) is 12.0 Å². The second kappa shape index (κ2) is 7.55. The van der Waals surface area contributed by atoms with Crippen molar-refractivity contribution < 1.29 is 12.8 Å². The van der Waals surface area contributed by atoms with Crippen LogP contribution in [0.5, 0.6) is 0 Å². The van der Waals surface area contributed by atoms with Gasteiger partial charge in [0.05, 0.1) is 4.90 Å². The van der Waals surface area contributed by atoms with E-state index in [4.69, 9.17) is 0 Å². The molecule has 1 aromatic heterocycles. The van der Waals surface area contributed by atoms with Gasteiger partial charge in [-0.3, -0.25) is 4.98 Å². The quantitative estimate of drug-likeness (QED) is 0.736. The van der Waals surface area contributed by atoms with Gasteiger partial charge in [-0.2, -0.15) is 0 Å². The Labute approximate surface area is 146 Å². The fourth-order valence-electron chi connectivity index (χ4n) is 2.46.